The van der Waals surface area contributed by atoms with Gasteiger partial charge in [-0.3, -0.25) is 0 Å². The van der Waals surface area contributed by atoms with E-state index in [1.807, 2.05) is 24.3 Å². The van der Waals surface area contributed by atoms with Crippen LogP contribution in [0, 0.1) is 0 Å². The first-order valence-electron chi connectivity index (χ1n) is 5.31. The van der Waals surface area contributed by atoms with Crippen molar-refractivity contribution < 1.29 is 8.42 Å². The largest absolute Gasteiger partial charge is 0.398 e. The second-order valence-electron chi connectivity index (χ2n) is 3.93. The highest BCUT2D eigenvalue weighted by molar-refractivity contribution is 9.10. The molecule has 0 heterocycles. The van der Waals surface area contributed by atoms with E-state index in [1.165, 1.54) is 12.1 Å². The lowest BCUT2D eigenvalue weighted by atomic mass is 10.2. The van der Waals surface area contributed by atoms with E-state index in [1.54, 1.807) is 6.07 Å². The maximum absolute atomic E-state index is 11.2. The molecule has 0 bridgehead atoms. The van der Waals surface area contributed by atoms with Crippen LogP contribution in [0.4, 0.5) is 17.1 Å². The quantitative estimate of drug-likeness (QED) is 0.746. The SMILES string of the molecule is Nc1cc(Nc2cccc(Br)c2)ccc1S(N)(=O)=O. The van der Waals surface area contributed by atoms with Crippen molar-refractivity contribution in [2.45, 2.75) is 4.90 Å². The summed E-state index contributed by atoms with van der Waals surface area (Å²) in [6.07, 6.45) is 0. The zero-order valence-corrected chi connectivity index (χ0v) is 12.2. The van der Waals surface area contributed by atoms with Gasteiger partial charge in [0.05, 0.1) is 5.69 Å². The lowest BCUT2D eigenvalue weighted by Crippen LogP contribution is -2.14. The molecule has 7 heteroatoms. The molecule has 5 N–H and O–H groups in total. The number of hydrogen-bond acceptors (Lipinski definition) is 4. The summed E-state index contributed by atoms with van der Waals surface area (Å²) in [7, 11) is -3.79. The van der Waals surface area contributed by atoms with Crippen LogP contribution in [-0.2, 0) is 10.0 Å². The number of benzene rings is 2. The Hall–Kier alpha value is -1.57. The maximum Gasteiger partial charge on any atom is 0.240 e. The molecule has 0 spiro atoms. The number of rotatable bonds is 3. The summed E-state index contributed by atoms with van der Waals surface area (Å²) in [5.74, 6) is 0. The molecule has 0 amide bonds. The predicted octanol–water partition coefficient (Wildman–Crippen LogP) is 2.42. The molecule has 100 valence electrons. The molecular weight excluding hydrogens is 330 g/mol. The minimum absolute atomic E-state index is 0.0766. The first-order chi connectivity index (χ1) is 8.86. The van der Waals surface area contributed by atoms with Gasteiger partial charge in [0.25, 0.3) is 0 Å². The fourth-order valence-corrected chi connectivity index (χ4v) is 2.66. The van der Waals surface area contributed by atoms with Gasteiger partial charge < -0.3 is 11.1 Å². The molecular formula is C12H12BrN3O2S. The second kappa shape index (κ2) is 5.20. The molecule has 0 aliphatic heterocycles. The molecule has 2 aromatic carbocycles. The number of primary sulfonamides is 1. The fraction of sp³-hybridized carbons (Fsp3) is 0. The molecule has 19 heavy (non-hydrogen) atoms. The molecule has 0 unspecified atom stereocenters. The summed E-state index contributed by atoms with van der Waals surface area (Å²) in [6, 6.07) is 12.1. The number of sulfonamides is 1. The van der Waals surface area contributed by atoms with Gasteiger partial charge in [0.1, 0.15) is 4.90 Å². The number of halogens is 1. The lowest BCUT2D eigenvalue weighted by molar-refractivity contribution is 0.598. The first kappa shape index (κ1) is 13.9. The average molecular weight is 342 g/mol. The third-order valence-electron chi connectivity index (χ3n) is 2.43. The predicted molar refractivity (Wildman–Crippen MR) is 79.7 cm³/mol. The number of nitrogen functional groups attached to an aromatic ring is 1. The normalized spacial score (nSPS) is 11.3. The summed E-state index contributed by atoms with van der Waals surface area (Å²) in [5.41, 5.74) is 7.34. The van der Waals surface area contributed by atoms with Crippen LogP contribution in [0.2, 0.25) is 0 Å². The van der Waals surface area contributed by atoms with Crippen LogP contribution in [-0.4, -0.2) is 8.42 Å². The van der Waals surface area contributed by atoms with E-state index in [-0.39, 0.29) is 10.6 Å². The van der Waals surface area contributed by atoms with Gasteiger partial charge in [-0.2, -0.15) is 0 Å². The molecule has 2 rings (SSSR count). The molecule has 0 fully saturated rings. The minimum atomic E-state index is -3.79. The van der Waals surface area contributed by atoms with Crippen molar-refractivity contribution in [3.63, 3.8) is 0 Å². The van der Waals surface area contributed by atoms with Crippen LogP contribution >= 0.6 is 15.9 Å². The van der Waals surface area contributed by atoms with E-state index in [4.69, 9.17) is 10.9 Å². The Balaban J connectivity index is 2.31. The van der Waals surface area contributed by atoms with Gasteiger partial charge in [0.2, 0.25) is 10.0 Å². The molecule has 5 nitrogen and oxygen atoms in total. The van der Waals surface area contributed by atoms with Gasteiger partial charge in [0, 0.05) is 15.8 Å². The zero-order valence-electron chi connectivity index (χ0n) is 9.80. The zero-order chi connectivity index (χ0) is 14.0. The van der Waals surface area contributed by atoms with Crippen LogP contribution in [0.3, 0.4) is 0 Å². The van der Waals surface area contributed by atoms with Crippen LogP contribution in [0.1, 0.15) is 0 Å². The Bertz CT molecular complexity index is 717. The van der Waals surface area contributed by atoms with Gasteiger partial charge in [-0.15, -0.1) is 0 Å². The maximum atomic E-state index is 11.2. The van der Waals surface area contributed by atoms with Crippen molar-refractivity contribution in [3.8, 4) is 0 Å². The lowest BCUT2D eigenvalue weighted by Gasteiger charge is -2.09. The number of nitrogens with one attached hydrogen (secondary N) is 1. The Kier molecular flexibility index (Phi) is 3.79. The molecule has 0 aromatic heterocycles. The van der Waals surface area contributed by atoms with E-state index in [2.05, 4.69) is 21.2 Å². The standard InChI is InChI=1S/C12H12BrN3O2S/c13-8-2-1-3-9(6-8)16-10-4-5-12(11(14)7-10)19(15,17)18/h1-7,16H,14H2,(H2,15,17,18). The highest BCUT2D eigenvalue weighted by Gasteiger charge is 2.12. The van der Waals surface area contributed by atoms with Crippen molar-refractivity contribution in [1.82, 2.24) is 0 Å². The van der Waals surface area contributed by atoms with Crippen molar-refractivity contribution in [2.75, 3.05) is 11.1 Å². The summed E-state index contributed by atoms with van der Waals surface area (Å²) < 4.78 is 23.4. The molecule has 2 aromatic rings. The third-order valence-corrected chi connectivity index (χ3v) is 3.91. The van der Waals surface area contributed by atoms with Gasteiger partial charge in [-0.25, -0.2) is 13.6 Å². The molecule has 0 aliphatic rings. The third kappa shape index (κ3) is 3.46. The Morgan fingerprint density at radius 1 is 1.05 bits per heavy atom. The van der Waals surface area contributed by atoms with Crippen molar-refractivity contribution in [1.29, 1.82) is 0 Å². The highest BCUT2D eigenvalue weighted by Crippen LogP contribution is 2.25. The van der Waals surface area contributed by atoms with E-state index in [0.717, 1.165) is 10.2 Å². The molecule has 0 radical (unpaired) electrons. The van der Waals surface area contributed by atoms with Crippen LogP contribution in [0.15, 0.2) is 51.8 Å². The number of hydrogen-bond donors (Lipinski definition) is 3. The molecule has 0 saturated heterocycles. The number of nitrogens with two attached hydrogens (primary N) is 2. The van der Waals surface area contributed by atoms with Crippen LogP contribution in [0.5, 0.6) is 0 Å². The topological polar surface area (TPSA) is 98.2 Å². The highest BCUT2D eigenvalue weighted by atomic mass is 79.9. The smallest absolute Gasteiger partial charge is 0.240 e. The first-order valence-corrected chi connectivity index (χ1v) is 7.65. The minimum Gasteiger partial charge on any atom is -0.398 e. The Morgan fingerprint density at radius 3 is 2.32 bits per heavy atom. The molecule has 0 aliphatic carbocycles. The van der Waals surface area contributed by atoms with Gasteiger partial charge in [-0.05, 0) is 36.4 Å². The summed E-state index contributed by atoms with van der Waals surface area (Å²) in [4.78, 5) is -0.0766. The monoisotopic (exact) mass is 341 g/mol. The van der Waals surface area contributed by atoms with Crippen molar-refractivity contribution in [2.24, 2.45) is 5.14 Å². The van der Waals surface area contributed by atoms with Crippen LogP contribution in [0.25, 0.3) is 0 Å². The van der Waals surface area contributed by atoms with E-state index < -0.39 is 10.0 Å². The van der Waals surface area contributed by atoms with Gasteiger partial charge >= 0.3 is 0 Å². The summed E-state index contributed by atoms with van der Waals surface area (Å²) >= 11 is 3.37. The van der Waals surface area contributed by atoms with Gasteiger partial charge in [0.15, 0.2) is 0 Å². The van der Waals surface area contributed by atoms with E-state index in [0.29, 0.717) is 5.69 Å². The average Bonchev–Trinajstić information content (AvgIpc) is 2.27. The Labute approximate surface area is 119 Å². The summed E-state index contributed by atoms with van der Waals surface area (Å²) in [5, 5.41) is 8.16. The van der Waals surface area contributed by atoms with Crippen molar-refractivity contribution in [3.05, 3.63) is 46.9 Å². The van der Waals surface area contributed by atoms with Gasteiger partial charge in [-0.1, -0.05) is 22.0 Å². The number of anilines is 3. The Morgan fingerprint density at radius 2 is 1.74 bits per heavy atom. The van der Waals surface area contributed by atoms with Crippen LogP contribution < -0.4 is 16.2 Å². The second-order valence-corrected chi connectivity index (χ2v) is 6.38. The van der Waals surface area contributed by atoms with Crippen molar-refractivity contribution >= 4 is 43.0 Å². The van der Waals surface area contributed by atoms with E-state index in [9.17, 15) is 8.42 Å². The van der Waals surface area contributed by atoms with E-state index >= 15 is 0 Å². The fourth-order valence-electron chi connectivity index (χ4n) is 1.62. The summed E-state index contributed by atoms with van der Waals surface area (Å²) in [6.45, 7) is 0. The molecule has 0 saturated carbocycles. The molecule has 0 atom stereocenters.